The summed E-state index contributed by atoms with van der Waals surface area (Å²) in [5.41, 5.74) is 3.14. The molecule has 3 heterocycles. The Bertz CT molecular complexity index is 1300. The zero-order chi connectivity index (χ0) is 23.5. The highest BCUT2D eigenvalue weighted by molar-refractivity contribution is 6.09. The Hall–Kier alpha value is -3.78. The minimum Gasteiger partial charge on any atom is -0.459 e. The summed E-state index contributed by atoms with van der Waals surface area (Å²) in [5.74, 6) is 0.311. The molecule has 8 heteroatoms. The topological polar surface area (TPSA) is 82.8 Å². The van der Waals surface area contributed by atoms with E-state index >= 15 is 0 Å². The van der Waals surface area contributed by atoms with Crippen molar-refractivity contribution >= 4 is 39.4 Å². The number of hydrogen-bond donors (Lipinski definition) is 2. The molecular weight excluding hydrogens is 430 g/mol. The number of carbonyl (C=O) groups is 2. The fraction of sp³-hybridized carbons (Fsp3) is 0.308. The van der Waals surface area contributed by atoms with Crippen LogP contribution in [-0.4, -0.2) is 65.6 Å². The number of aromatic nitrogens is 1. The maximum absolute atomic E-state index is 12.5. The average molecular weight is 460 g/mol. The summed E-state index contributed by atoms with van der Waals surface area (Å²) < 4.78 is 7.49. The number of fused-ring (bicyclic) bond motifs is 3. The van der Waals surface area contributed by atoms with Gasteiger partial charge in [0.05, 0.1) is 6.26 Å². The highest BCUT2D eigenvalue weighted by Gasteiger charge is 2.23. The van der Waals surface area contributed by atoms with Crippen LogP contribution >= 0.6 is 0 Å². The van der Waals surface area contributed by atoms with Gasteiger partial charge in [0.25, 0.3) is 5.91 Å². The summed E-state index contributed by atoms with van der Waals surface area (Å²) in [6, 6.07) is 17.6. The Morgan fingerprint density at radius 3 is 2.50 bits per heavy atom. The zero-order valence-electron chi connectivity index (χ0n) is 19.3. The van der Waals surface area contributed by atoms with E-state index in [1.807, 2.05) is 18.2 Å². The third-order valence-electron chi connectivity index (χ3n) is 6.45. The molecule has 2 N–H and O–H groups in total. The number of nitrogens with one attached hydrogen (secondary N) is 2. The summed E-state index contributed by atoms with van der Waals surface area (Å²) in [4.78, 5) is 28.9. The van der Waals surface area contributed by atoms with Crippen molar-refractivity contribution in [1.29, 1.82) is 0 Å². The predicted octanol–water partition coefficient (Wildman–Crippen LogP) is 3.99. The maximum atomic E-state index is 12.5. The quantitative estimate of drug-likeness (QED) is 0.457. The highest BCUT2D eigenvalue weighted by atomic mass is 16.3. The Morgan fingerprint density at radius 2 is 1.74 bits per heavy atom. The van der Waals surface area contributed by atoms with Crippen LogP contribution in [0.2, 0.25) is 0 Å². The lowest BCUT2D eigenvalue weighted by molar-refractivity contribution is 0.0608. The lowest BCUT2D eigenvalue weighted by Gasteiger charge is -2.34. The van der Waals surface area contributed by atoms with E-state index in [0.717, 1.165) is 37.3 Å². The van der Waals surface area contributed by atoms with Gasteiger partial charge in [-0.3, -0.25) is 9.69 Å². The second kappa shape index (κ2) is 9.61. The largest absolute Gasteiger partial charge is 0.459 e. The first-order chi connectivity index (χ1) is 16.6. The fourth-order valence-corrected chi connectivity index (χ4v) is 4.71. The molecule has 0 aliphatic carbocycles. The minimum atomic E-state index is -0.217. The van der Waals surface area contributed by atoms with Crippen LogP contribution in [0, 0.1) is 0 Å². The first-order valence-corrected chi connectivity index (χ1v) is 11.7. The third-order valence-corrected chi connectivity index (χ3v) is 6.45. The molecule has 0 unspecified atom stereocenters. The fourth-order valence-electron chi connectivity index (χ4n) is 4.71. The zero-order valence-corrected chi connectivity index (χ0v) is 19.3. The van der Waals surface area contributed by atoms with Crippen molar-refractivity contribution in [1.82, 2.24) is 19.7 Å². The van der Waals surface area contributed by atoms with Gasteiger partial charge in [-0.25, -0.2) is 4.79 Å². The number of piperazine rings is 1. The third kappa shape index (κ3) is 4.36. The minimum absolute atomic E-state index is 0.0684. The lowest BCUT2D eigenvalue weighted by atomic mass is 10.1. The molecule has 0 spiro atoms. The Balaban J connectivity index is 1.12. The molecule has 5 rings (SSSR count). The molecule has 2 aromatic carbocycles. The lowest BCUT2D eigenvalue weighted by Crippen LogP contribution is -2.50. The number of benzene rings is 2. The van der Waals surface area contributed by atoms with Crippen molar-refractivity contribution in [2.45, 2.75) is 13.5 Å². The van der Waals surface area contributed by atoms with E-state index in [9.17, 15) is 9.59 Å². The monoisotopic (exact) mass is 459 g/mol. The van der Waals surface area contributed by atoms with Crippen LogP contribution < -0.4 is 10.6 Å². The van der Waals surface area contributed by atoms with Gasteiger partial charge in [0.15, 0.2) is 5.76 Å². The van der Waals surface area contributed by atoms with Crippen molar-refractivity contribution in [2.24, 2.45) is 0 Å². The van der Waals surface area contributed by atoms with Gasteiger partial charge in [-0.05, 0) is 43.3 Å². The smallest absolute Gasteiger partial charge is 0.319 e. The number of anilines is 1. The molecule has 0 atom stereocenters. The van der Waals surface area contributed by atoms with E-state index < -0.39 is 0 Å². The second-order valence-electron chi connectivity index (χ2n) is 8.49. The van der Waals surface area contributed by atoms with Crippen molar-refractivity contribution in [3.8, 4) is 0 Å². The molecule has 0 bridgehead atoms. The van der Waals surface area contributed by atoms with E-state index in [4.69, 9.17) is 4.42 Å². The number of rotatable bonds is 6. The first-order valence-electron chi connectivity index (χ1n) is 11.7. The molecule has 34 heavy (non-hydrogen) atoms. The molecule has 176 valence electrons. The van der Waals surface area contributed by atoms with Gasteiger partial charge in [-0.2, -0.15) is 0 Å². The molecule has 1 saturated heterocycles. The van der Waals surface area contributed by atoms with Gasteiger partial charge in [0, 0.05) is 73.3 Å². The molecule has 1 aliphatic heterocycles. The maximum Gasteiger partial charge on any atom is 0.319 e. The standard InChI is InChI=1S/C26H29N5O3/c1-2-31-22-7-4-3-6-20(22)21-18-19(9-10-23(21)31)28-26(33)27-11-12-29-13-15-30(16-14-29)25(32)24-8-5-17-34-24/h3-10,17-18H,2,11-16H2,1H3,(H2,27,28,33). The van der Waals surface area contributed by atoms with Crippen LogP contribution in [0.5, 0.6) is 0 Å². The summed E-state index contributed by atoms with van der Waals surface area (Å²) >= 11 is 0. The van der Waals surface area contributed by atoms with Gasteiger partial charge in [-0.1, -0.05) is 18.2 Å². The van der Waals surface area contributed by atoms with Gasteiger partial charge >= 0.3 is 6.03 Å². The molecule has 4 aromatic rings. The summed E-state index contributed by atoms with van der Waals surface area (Å²) in [5, 5.41) is 8.23. The summed E-state index contributed by atoms with van der Waals surface area (Å²) in [7, 11) is 0. The number of para-hydroxylation sites is 1. The van der Waals surface area contributed by atoms with E-state index in [0.29, 0.717) is 25.4 Å². The molecule has 8 nitrogen and oxygen atoms in total. The number of amides is 3. The molecule has 2 aromatic heterocycles. The van der Waals surface area contributed by atoms with Crippen molar-refractivity contribution in [3.63, 3.8) is 0 Å². The number of urea groups is 1. The van der Waals surface area contributed by atoms with E-state index in [2.05, 4.69) is 51.3 Å². The number of nitrogens with zero attached hydrogens (tertiary/aromatic N) is 3. The Labute approximate surface area is 198 Å². The van der Waals surface area contributed by atoms with Crippen LogP contribution in [0.3, 0.4) is 0 Å². The molecule has 3 amide bonds. The molecular formula is C26H29N5O3. The number of aryl methyl sites for hydroxylation is 1. The van der Waals surface area contributed by atoms with Crippen molar-refractivity contribution < 1.29 is 14.0 Å². The van der Waals surface area contributed by atoms with Crippen molar-refractivity contribution in [3.05, 3.63) is 66.6 Å². The second-order valence-corrected chi connectivity index (χ2v) is 8.49. The predicted molar refractivity (Wildman–Crippen MR) is 133 cm³/mol. The van der Waals surface area contributed by atoms with Crippen molar-refractivity contribution in [2.75, 3.05) is 44.6 Å². The first kappa shape index (κ1) is 22.0. The molecule has 0 saturated carbocycles. The van der Waals surface area contributed by atoms with Crippen LogP contribution in [0.25, 0.3) is 21.8 Å². The summed E-state index contributed by atoms with van der Waals surface area (Å²) in [6.45, 7) is 7.15. The average Bonchev–Trinajstić information content (AvgIpc) is 3.50. The van der Waals surface area contributed by atoms with E-state index in [-0.39, 0.29) is 11.9 Å². The highest BCUT2D eigenvalue weighted by Crippen LogP contribution is 2.30. The summed E-state index contributed by atoms with van der Waals surface area (Å²) in [6.07, 6.45) is 1.52. The van der Waals surface area contributed by atoms with Gasteiger partial charge in [0.1, 0.15) is 0 Å². The molecule has 1 fully saturated rings. The van der Waals surface area contributed by atoms with Crippen LogP contribution in [0.15, 0.2) is 65.3 Å². The van der Waals surface area contributed by atoms with E-state index in [1.165, 1.54) is 22.7 Å². The molecule has 0 radical (unpaired) electrons. The van der Waals surface area contributed by atoms with E-state index in [1.54, 1.807) is 17.0 Å². The SMILES string of the molecule is CCn1c2ccccc2c2cc(NC(=O)NCCN3CCN(C(=O)c4ccco4)CC3)ccc21. The molecule has 1 aliphatic rings. The number of furan rings is 1. The number of carbonyl (C=O) groups excluding carboxylic acids is 2. The van der Waals surface area contributed by atoms with Gasteiger partial charge < -0.3 is 24.5 Å². The van der Waals surface area contributed by atoms with Crippen LogP contribution in [0.4, 0.5) is 10.5 Å². The van der Waals surface area contributed by atoms with Gasteiger partial charge in [0.2, 0.25) is 0 Å². The Kier molecular flexibility index (Phi) is 6.22. The number of hydrogen-bond acceptors (Lipinski definition) is 4. The van der Waals surface area contributed by atoms with Crippen LogP contribution in [0.1, 0.15) is 17.5 Å². The van der Waals surface area contributed by atoms with Crippen LogP contribution in [-0.2, 0) is 6.54 Å². The van der Waals surface area contributed by atoms with Gasteiger partial charge in [-0.15, -0.1) is 0 Å². The Morgan fingerprint density at radius 1 is 0.941 bits per heavy atom. The normalized spacial score (nSPS) is 14.6.